The van der Waals surface area contributed by atoms with Gasteiger partial charge in [-0.15, -0.1) is 0 Å². The molecule has 0 radical (unpaired) electrons. The van der Waals surface area contributed by atoms with Crippen LogP contribution in [0.25, 0.3) is 0 Å². The molecule has 1 aromatic heterocycles. The summed E-state index contributed by atoms with van der Waals surface area (Å²) in [6, 6.07) is 4.14. The minimum Gasteiger partial charge on any atom is -0.261 e. The molecule has 4 nitrogen and oxygen atoms in total. The first-order valence-corrected chi connectivity index (χ1v) is 8.17. The summed E-state index contributed by atoms with van der Waals surface area (Å²) < 4.78 is 13.4. The molecule has 6 heteroatoms. The molecule has 1 aliphatic heterocycles. The van der Waals surface area contributed by atoms with Gasteiger partial charge >= 0.3 is 0 Å². The quantitative estimate of drug-likeness (QED) is 0.817. The van der Waals surface area contributed by atoms with Crippen LogP contribution in [0, 0.1) is 5.82 Å². The lowest BCUT2D eigenvalue weighted by molar-refractivity contribution is 0.626. The van der Waals surface area contributed by atoms with Crippen LogP contribution in [0.5, 0.6) is 0 Å². The van der Waals surface area contributed by atoms with Gasteiger partial charge in [0.05, 0.1) is 6.20 Å². The molecule has 0 spiro atoms. The van der Waals surface area contributed by atoms with Crippen molar-refractivity contribution in [2.45, 2.75) is 25.3 Å². The molecule has 0 fully saturated rings. The Balaban J connectivity index is 1.85. The van der Waals surface area contributed by atoms with Gasteiger partial charge in [-0.2, -0.15) is 0 Å². The topological polar surface area (TPSA) is 50.5 Å². The maximum atomic E-state index is 13.4. The molecule has 0 saturated carbocycles. The van der Waals surface area contributed by atoms with Gasteiger partial charge in [0.25, 0.3) is 0 Å². The van der Waals surface area contributed by atoms with Crippen LogP contribution in [0.3, 0.4) is 0 Å². The first-order valence-electron chi connectivity index (χ1n) is 7.79. The zero-order chi connectivity index (χ0) is 16.5. The van der Waals surface area contributed by atoms with Gasteiger partial charge in [-0.05, 0) is 42.5 Å². The average molecular weight is 341 g/mol. The molecule has 0 saturated heterocycles. The van der Waals surface area contributed by atoms with Crippen molar-refractivity contribution >= 4 is 23.1 Å². The van der Waals surface area contributed by atoms with Crippen LogP contribution in [-0.2, 0) is 0 Å². The Morgan fingerprint density at radius 2 is 2.12 bits per heavy atom. The number of aliphatic imine (C=N–C) groups is 2. The van der Waals surface area contributed by atoms with Crippen LogP contribution in [0.4, 0.5) is 4.39 Å². The van der Waals surface area contributed by atoms with E-state index in [0.29, 0.717) is 16.6 Å². The van der Waals surface area contributed by atoms with E-state index in [9.17, 15) is 4.39 Å². The monoisotopic (exact) mass is 340 g/mol. The van der Waals surface area contributed by atoms with Crippen LogP contribution >= 0.6 is 11.6 Å². The highest BCUT2D eigenvalue weighted by Crippen LogP contribution is 2.38. The maximum absolute atomic E-state index is 13.4. The minimum atomic E-state index is -0.357. The van der Waals surface area contributed by atoms with Gasteiger partial charge in [0.2, 0.25) is 0 Å². The van der Waals surface area contributed by atoms with E-state index < -0.39 is 0 Å². The number of allylic oxidation sites excluding steroid dienone is 1. The number of halogens is 2. The largest absolute Gasteiger partial charge is 0.261 e. The van der Waals surface area contributed by atoms with E-state index >= 15 is 0 Å². The predicted molar refractivity (Wildman–Crippen MR) is 92.1 cm³/mol. The summed E-state index contributed by atoms with van der Waals surface area (Å²) >= 11 is 6.28. The van der Waals surface area contributed by atoms with Gasteiger partial charge in [0.15, 0.2) is 5.84 Å². The van der Waals surface area contributed by atoms with Crippen LogP contribution in [0.15, 0.2) is 58.4 Å². The van der Waals surface area contributed by atoms with Crippen LogP contribution in [-0.4, -0.2) is 21.5 Å². The molecule has 0 bridgehead atoms. The van der Waals surface area contributed by atoms with Crippen molar-refractivity contribution < 1.29 is 4.39 Å². The third-order valence-electron chi connectivity index (χ3n) is 4.15. The van der Waals surface area contributed by atoms with E-state index in [-0.39, 0.29) is 11.9 Å². The number of rotatable bonds is 2. The van der Waals surface area contributed by atoms with E-state index in [4.69, 9.17) is 16.6 Å². The van der Waals surface area contributed by atoms with Crippen molar-refractivity contribution in [3.8, 4) is 0 Å². The van der Waals surface area contributed by atoms with Crippen LogP contribution in [0.1, 0.15) is 36.6 Å². The van der Waals surface area contributed by atoms with Crippen molar-refractivity contribution in [3.05, 3.63) is 70.5 Å². The normalized spacial score (nSPS) is 19.9. The Morgan fingerprint density at radius 3 is 2.92 bits per heavy atom. The maximum Gasteiger partial charge on any atom is 0.176 e. The van der Waals surface area contributed by atoms with E-state index in [1.807, 2.05) is 0 Å². The lowest BCUT2D eigenvalue weighted by atomic mass is 9.87. The second kappa shape index (κ2) is 6.24. The molecule has 120 valence electrons. The Kier molecular flexibility index (Phi) is 3.94. The first-order chi connectivity index (χ1) is 11.7. The number of hydrogen-bond donors (Lipinski definition) is 0. The van der Waals surface area contributed by atoms with Crippen molar-refractivity contribution in [2.24, 2.45) is 9.98 Å². The van der Waals surface area contributed by atoms with Gasteiger partial charge in [-0.3, -0.25) is 9.98 Å². The summed E-state index contributed by atoms with van der Waals surface area (Å²) in [5.74, 6) is 0.187. The molecule has 0 N–H and O–H groups in total. The van der Waals surface area contributed by atoms with Crippen LogP contribution < -0.4 is 0 Å². The molecule has 4 rings (SSSR count). The fourth-order valence-electron chi connectivity index (χ4n) is 3.03. The fourth-order valence-corrected chi connectivity index (χ4v) is 3.30. The van der Waals surface area contributed by atoms with E-state index in [1.165, 1.54) is 12.1 Å². The summed E-state index contributed by atoms with van der Waals surface area (Å²) in [5, 5.41) is 0.370. The van der Waals surface area contributed by atoms with E-state index in [2.05, 4.69) is 21.0 Å². The van der Waals surface area contributed by atoms with Crippen LogP contribution in [0.2, 0.25) is 5.02 Å². The van der Waals surface area contributed by atoms with Gasteiger partial charge in [-0.25, -0.2) is 14.4 Å². The van der Waals surface area contributed by atoms with Crippen molar-refractivity contribution in [3.63, 3.8) is 0 Å². The molecule has 2 heterocycles. The molecule has 2 aliphatic rings. The summed E-state index contributed by atoms with van der Waals surface area (Å²) in [5.41, 5.74) is 3.46. The minimum absolute atomic E-state index is 0.289. The Hall–Kier alpha value is -2.40. The van der Waals surface area contributed by atoms with Gasteiger partial charge in [0.1, 0.15) is 17.6 Å². The van der Waals surface area contributed by atoms with Crippen molar-refractivity contribution in [2.75, 3.05) is 0 Å². The third-order valence-corrected chi connectivity index (χ3v) is 4.48. The Bertz CT molecular complexity index is 874. The second-order valence-corrected chi connectivity index (χ2v) is 6.13. The molecular weight excluding hydrogens is 327 g/mol. The summed E-state index contributed by atoms with van der Waals surface area (Å²) in [4.78, 5) is 17.8. The smallest absolute Gasteiger partial charge is 0.176 e. The first kappa shape index (κ1) is 15.1. The molecule has 1 atom stereocenters. The van der Waals surface area contributed by atoms with Gasteiger partial charge < -0.3 is 0 Å². The highest BCUT2D eigenvalue weighted by molar-refractivity contribution is 6.31. The molecular formula is C18H14ClFN4. The SMILES string of the molecule is Fc1ccc(C2N=C(c3cnccn3)N=C3CCCC=C32)c(Cl)c1. The Labute approximate surface area is 143 Å². The molecule has 24 heavy (non-hydrogen) atoms. The fraction of sp³-hybridized carbons (Fsp3) is 0.222. The number of fused-ring (bicyclic) bond motifs is 1. The summed E-state index contributed by atoms with van der Waals surface area (Å²) in [6.45, 7) is 0. The molecule has 1 unspecified atom stereocenters. The second-order valence-electron chi connectivity index (χ2n) is 5.72. The highest BCUT2D eigenvalue weighted by Gasteiger charge is 2.29. The van der Waals surface area contributed by atoms with E-state index in [1.54, 1.807) is 24.7 Å². The van der Waals surface area contributed by atoms with Gasteiger partial charge in [-0.1, -0.05) is 23.7 Å². The zero-order valence-corrected chi connectivity index (χ0v) is 13.5. The highest BCUT2D eigenvalue weighted by atomic mass is 35.5. The summed E-state index contributed by atoms with van der Waals surface area (Å²) in [6.07, 6.45) is 9.96. The third kappa shape index (κ3) is 2.76. The lowest BCUT2D eigenvalue weighted by Gasteiger charge is -2.27. The zero-order valence-electron chi connectivity index (χ0n) is 12.8. The Morgan fingerprint density at radius 1 is 1.21 bits per heavy atom. The number of hydrogen-bond acceptors (Lipinski definition) is 4. The lowest BCUT2D eigenvalue weighted by Crippen LogP contribution is -2.22. The number of aromatic nitrogens is 2. The molecule has 1 aliphatic carbocycles. The predicted octanol–water partition coefficient (Wildman–Crippen LogP) is 4.32. The molecule has 0 amide bonds. The van der Waals surface area contributed by atoms with Crippen molar-refractivity contribution in [1.82, 2.24) is 9.97 Å². The van der Waals surface area contributed by atoms with Crippen molar-refractivity contribution in [1.29, 1.82) is 0 Å². The number of amidine groups is 1. The summed E-state index contributed by atoms with van der Waals surface area (Å²) in [7, 11) is 0. The molecule has 2 aromatic rings. The number of benzene rings is 1. The van der Waals surface area contributed by atoms with Gasteiger partial charge in [0, 0.05) is 23.1 Å². The van der Waals surface area contributed by atoms with E-state index in [0.717, 1.165) is 36.1 Å². The standard InChI is InChI=1S/C18H14ClFN4/c19-14-9-11(20)5-6-12(14)17-13-3-1-2-4-15(13)23-18(24-17)16-10-21-7-8-22-16/h3,5-10,17H,1-2,4H2. The molecule has 1 aromatic carbocycles. The average Bonchev–Trinajstić information content (AvgIpc) is 2.62. The number of nitrogens with zero attached hydrogens (tertiary/aromatic N) is 4.